The molecule has 174 valence electrons. The van der Waals surface area contributed by atoms with Crippen molar-refractivity contribution in [3.05, 3.63) is 108 Å². The van der Waals surface area contributed by atoms with Gasteiger partial charge in [-0.25, -0.2) is 0 Å². The summed E-state index contributed by atoms with van der Waals surface area (Å²) in [5.74, 6) is 0. The van der Waals surface area contributed by atoms with E-state index in [0.29, 0.717) is 0 Å². The molecule has 5 heteroatoms. The van der Waals surface area contributed by atoms with Gasteiger partial charge in [0.25, 0.3) is 0 Å². The maximum Gasteiger partial charge on any atom is 1.00 e. The van der Waals surface area contributed by atoms with Crippen molar-refractivity contribution in [3.8, 4) is 0 Å². The van der Waals surface area contributed by atoms with Gasteiger partial charge in [-0.3, -0.25) is 4.90 Å². The summed E-state index contributed by atoms with van der Waals surface area (Å²) in [5.41, 5.74) is 4.01. The summed E-state index contributed by atoms with van der Waals surface area (Å²) >= 11 is 0. The first-order valence-corrected chi connectivity index (χ1v) is 11.4. The number of hydrogen-bond donors (Lipinski definition) is 3. The van der Waals surface area contributed by atoms with Crippen molar-refractivity contribution < 1.29 is 17.1 Å². The first kappa shape index (κ1) is 26.3. The van der Waals surface area contributed by atoms with Crippen LogP contribution in [-0.4, -0.2) is 44.2 Å². The van der Waals surface area contributed by atoms with Crippen molar-refractivity contribution in [1.82, 2.24) is 20.9 Å². The molecule has 0 saturated heterocycles. The van der Waals surface area contributed by atoms with E-state index in [1.165, 1.54) is 16.7 Å². The molecule has 0 radical (unpaired) electrons. The van der Waals surface area contributed by atoms with Crippen molar-refractivity contribution in [2.75, 3.05) is 39.3 Å². The minimum absolute atomic E-state index is 0. The van der Waals surface area contributed by atoms with Crippen LogP contribution in [0.2, 0.25) is 0 Å². The molecule has 0 aromatic heterocycles. The summed E-state index contributed by atoms with van der Waals surface area (Å²) in [6.45, 7) is 8.89. The average Bonchev–Trinajstić information content (AvgIpc) is 2.83. The van der Waals surface area contributed by atoms with Gasteiger partial charge in [0.2, 0.25) is 0 Å². The van der Waals surface area contributed by atoms with Crippen LogP contribution in [0.25, 0.3) is 0 Å². The second-order valence-electron chi connectivity index (χ2n) is 7.83. The molecule has 0 atom stereocenters. The predicted molar refractivity (Wildman–Crippen MR) is 131 cm³/mol. The first-order valence-electron chi connectivity index (χ1n) is 11.4. The Morgan fingerprint density at radius 1 is 0.438 bits per heavy atom. The Labute approximate surface area is 204 Å². The number of hydrogen-bond acceptors (Lipinski definition) is 4. The van der Waals surface area contributed by atoms with Gasteiger partial charge in [-0.15, -0.1) is 0 Å². The van der Waals surface area contributed by atoms with Crippen molar-refractivity contribution in [2.45, 2.75) is 19.6 Å². The molecule has 3 N–H and O–H groups in total. The van der Waals surface area contributed by atoms with Gasteiger partial charge in [0.1, 0.15) is 0 Å². The minimum Gasteiger partial charge on any atom is -0.311 e. The topological polar surface area (TPSA) is 39.3 Å². The van der Waals surface area contributed by atoms with Crippen LogP contribution in [0, 0.1) is 0 Å². The van der Waals surface area contributed by atoms with E-state index in [1.54, 1.807) is 0 Å². The van der Waals surface area contributed by atoms with Crippen LogP contribution in [0.1, 0.15) is 16.7 Å². The second-order valence-corrected chi connectivity index (χ2v) is 7.83. The zero-order valence-electron chi connectivity index (χ0n) is 18.8. The third kappa shape index (κ3) is 11.1. The Morgan fingerprint density at radius 3 is 1.00 bits per heavy atom. The fraction of sp³-hybridized carbons (Fsp3) is 0.333. The molecule has 0 aliphatic heterocycles. The van der Waals surface area contributed by atoms with E-state index in [2.05, 4.69) is 112 Å². The third-order valence-corrected chi connectivity index (χ3v) is 5.33. The molecule has 3 aromatic carbocycles. The molecule has 0 heterocycles. The van der Waals surface area contributed by atoms with Gasteiger partial charge < -0.3 is 16.0 Å². The summed E-state index contributed by atoms with van der Waals surface area (Å²) in [5, 5.41) is 10.7. The Balaban J connectivity index is 0.00000363. The van der Waals surface area contributed by atoms with Gasteiger partial charge in [0, 0.05) is 58.9 Å². The third-order valence-electron chi connectivity index (χ3n) is 5.33. The van der Waals surface area contributed by atoms with Gasteiger partial charge in [0.15, 0.2) is 0 Å². The van der Waals surface area contributed by atoms with Gasteiger partial charge >= 0.3 is 17.1 Å². The molecule has 0 aliphatic rings. The fourth-order valence-electron chi connectivity index (χ4n) is 3.53. The van der Waals surface area contributed by atoms with Gasteiger partial charge in [-0.05, 0) is 16.7 Å². The van der Waals surface area contributed by atoms with E-state index in [0.717, 1.165) is 58.9 Å². The Morgan fingerprint density at radius 2 is 0.719 bits per heavy atom. The monoisotopic (exact) mass is 479 g/mol. The van der Waals surface area contributed by atoms with Gasteiger partial charge in [-0.1, -0.05) is 91.0 Å². The van der Waals surface area contributed by atoms with Crippen LogP contribution in [0.5, 0.6) is 0 Å². The molecule has 4 nitrogen and oxygen atoms in total. The standard InChI is InChI=1S/C27H36N4.Cu/c1-4-10-25(11-5-1)22-28-16-19-31(20-17-29-23-26-12-6-2-7-13-26)21-18-30-24-27-14-8-3-9-15-27;/h1-15,28-30H,16-24H2;/q;+1. The molecule has 0 amide bonds. The SMILES string of the molecule is [Cu+].c1ccc(CNCCN(CCNCc2ccccc2)CCNCc2ccccc2)cc1. The van der Waals surface area contributed by atoms with Gasteiger partial charge in [-0.2, -0.15) is 0 Å². The van der Waals surface area contributed by atoms with Crippen molar-refractivity contribution in [3.63, 3.8) is 0 Å². The Bertz CT molecular complexity index is 702. The van der Waals surface area contributed by atoms with Crippen molar-refractivity contribution in [1.29, 1.82) is 0 Å². The molecule has 0 unspecified atom stereocenters. The largest absolute Gasteiger partial charge is 1.00 e. The number of nitrogens with one attached hydrogen (secondary N) is 3. The molecule has 0 spiro atoms. The molecular formula is C27H36CuN4+. The zero-order valence-corrected chi connectivity index (χ0v) is 19.7. The summed E-state index contributed by atoms with van der Waals surface area (Å²) < 4.78 is 0. The van der Waals surface area contributed by atoms with Crippen molar-refractivity contribution >= 4 is 0 Å². The van der Waals surface area contributed by atoms with Crippen LogP contribution >= 0.6 is 0 Å². The fourth-order valence-corrected chi connectivity index (χ4v) is 3.53. The van der Waals surface area contributed by atoms with E-state index in [9.17, 15) is 0 Å². The molecule has 0 saturated carbocycles. The maximum atomic E-state index is 3.58. The molecule has 0 aliphatic carbocycles. The maximum absolute atomic E-state index is 3.58. The quantitative estimate of drug-likeness (QED) is 0.230. The summed E-state index contributed by atoms with van der Waals surface area (Å²) in [6, 6.07) is 31.8. The number of nitrogens with zero attached hydrogens (tertiary/aromatic N) is 1. The van der Waals surface area contributed by atoms with E-state index in [4.69, 9.17) is 0 Å². The average molecular weight is 480 g/mol. The first-order chi connectivity index (χ1) is 15.4. The molecule has 3 rings (SSSR count). The molecule has 32 heavy (non-hydrogen) atoms. The zero-order chi connectivity index (χ0) is 21.4. The van der Waals surface area contributed by atoms with E-state index in [-0.39, 0.29) is 17.1 Å². The minimum atomic E-state index is 0. The molecule has 0 bridgehead atoms. The van der Waals surface area contributed by atoms with Crippen LogP contribution in [0.15, 0.2) is 91.0 Å². The number of benzene rings is 3. The van der Waals surface area contributed by atoms with Crippen LogP contribution in [-0.2, 0) is 36.7 Å². The van der Waals surface area contributed by atoms with E-state index >= 15 is 0 Å². The van der Waals surface area contributed by atoms with Crippen LogP contribution in [0.4, 0.5) is 0 Å². The summed E-state index contributed by atoms with van der Waals surface area (Å²) in [6.07, 6.45) is 0. The predicted octanol–water partition coefficient (Wildman–Crippen LogP) is 3.66. The summed E-state index contributed by atoms with van der Waals surface area (Å²) in [7, 11) is 0. The molecular weight excluding hydrogens is 444 g/mol. The molecule has 3 aromatic rings. The summed E-state index contributed by atoms with van der Waals surface area (Å²) in [4.78, 5) is 2.54. The van der Waals surface area contributed by atoms with Crippen LogP contribution in [0.3, 0.4) is 0 Å². The molecule has 0 fully saturated rings. The smallest absolute Gasteiger partial charge is 0.311 e. The second kappa shape index (κ2) is 16.6. The van der Waals surface area contributed by atoms with Crippen molar-refractivity contribution in [2.24, 2.45) is 0 Å². The van der Waals surface area contributed by atoms with Gasteiger partial charge in [0.05, 0.1) is 0 Å². The normalized spacial score (nSPS) is 10.8. The van der Waals surface area contributed by atoms with E-state index < -0.39 is 0 Å². The Hall–Kier alpha value is -1.98. The van der Waals surface area contributed by atoms with E-state index in [1.807, 2.05) is 0 Å². The Kier molecular flexibility index (Phi) is 13.6. The van der Waals surface area contributed by atoms with Crippen LogP contribution < -0.4 is 16.0 Å². The number of rotatable bonds is 15.